The van der Waals surface area contributed by atoms with Gasteiger partial charge in [0.15, 0.2) is 11.5 Å². The van der Waals surface area contributed by atoms with Crippen molar-refractivity contribution in [1.29, 1.82) is 0 Å². The first-order valence-corrected chi connectivity index (χ1v) is 6.22. The van der Waals surface area contributed by atoms with E-state index in [9.17, 15) is 9.90 Å². The fourth-order valence-electron chi connectivity index (χ4n) is 2.33. The Labute approximate surface area is 118 Å². The lowest BCUT2D eigenvalue weighted by atomic mass is 10.2. The lowest BCUT2D eigenvalue weighted by Crippen LogP contribution is -1.98. The van der Waals surface area contributed by atoms with Crippen molar-refractivity contribution in [3.05, 3.63) is 42.0 Å². The van der Waals surface area contributed by atoms with Gasteiger partial charge in [-0.2, -0.15) is 0 Å². The molecule has 0 fully saturated rings. The van der Waals surface area contributed by atoms with Crippen LogP contribution < -0.4 is 9.47 Å². The van der Waals surface area contributed by atoms with E-state index in [1.54, 1.807) is 28.9 Å². The molecule has 0 amide bonds. The van der Waals surface area contributed by atoms with Crippen molar-refractivity contribution in [2.24, 2.45) is 0 Å². The highest BCUT2D eigenvalue weighted by atomic mass is 16.7. The van der Waals surface area contributed by atoms with Gasteiger partial charge in [-0.15, -0.1) is 5.10 Å². The van der Waals surface area contributed by atoms with Gasteiger partial charge in [-0.3, -0.25) is 0 Å². The Morgan fingerprint density at radius 3 is 2.90 bits per heavy atom. The molecule has 0 unspecified atom stereocenters. The number of aromatic nitrogens is 3. The van der Waals surface area contributed by atoms with E-state index in [2.05, 4.69) is 10.3 Å². The number of carbonyl (C=O) groups is 1. The van der Waals surface area contributed by atoms with Crippen molar-refractivity contribution >= 4 is 17.0 Å². The highest BCUT2D eigenvalue weighted by Crippen LogP contribution is 2.34. The van der Waals surface area contributed by atoms with Crippen molar-refractivity contribution in [3.63, 3.8) is 0 Å². The van der Waals surface area contributed by atoms with Crippen LogP contribution in [0.25, 0.3) is 16.7 Å². The number of hydrogen-bond acceptors (Lipinski definition) is 5. The Hall–Kier alpha value is -3.09. The number of benzene rings is 2. The summed E-state index contributed by atoms with van der Waals surface area (Å²) in [5.41, 5.74) is 1.82. The average molecular weight is 283 g/mol. The molecule has 2 heterocycles. The fourth-order valence-corrected chi connectivity index (χ4v) is 2.33. The zero-order chi connectivity index (χ0) is 14.4. The second-order valence-electron chi connectivity index (χ2n) is 4.52. The van der Waals surface area contributed by atoms with Crippen LogP contribution in [0.1, 0.15) is 10.4 Å². The molecule has 104 valence electrons. The van der Waals surface area contributed by atoms with Crippen LogP contribution >= 0.6 is 0 Å². The number of nitrogens with zero attached hydrogens (tertiary/aromatic N) is 3. The molecule has 1 aliphatic rings. The molecule has 7 heteroatoms. The minimum Gasteiger partial charge on any atom is -0.478 e. The van der Waals surface area contributed by atoms with Gasteiger partial charge in [0, 0.05) is 6.07 Å². The highest BCUT2D eigenvalue weighted by molar-refractivity contribution is 6.00. The second kappa shape index (κ2) is 4.20. The molecule has 0 radical (unpaired) electrons. The monoisotopic (exact) mass is 283 g/mol. The molecule has 1 aliphatic heterocycles. The van der Waals surface area contributed by atoms with E-state index in [4.69, 9.17) is 9.47 Å². The highest BCUT2D eigenvalue weighted by Gasteiger charge is 2.17. The summed E-state index contributed by atoms with van der Waals surface area (Å²) < 4.78 is 12.2. The smallest absolute Gasteiger partial charge is 0.338 e. The number of ether oxygens (including phenoxy) is 2. The second-order valence-corrected chi connectivity index (χ2v) is 4.52. The quantitative estimate of drug-likeness (QED) is 0.772. The number of carboxylic acid groups (broad SMARTS) is 1. The van der Waals surface area contributed by atoms with Gasteiger partial charge in [-0.25, -0.2) is 9.48 Å². The summed E-state index contributed by atoms with van der Waals surface area (Å²) in [4.78, 5) is 11.2. The molecule has 1 N–H and O–H groups in total. The third kappa shape index (κ3) is 1.71. The van der Waals surface area contributed by atoms with Crippen LogP contribution in [0.4, 0.5) is 0 Å². The average Bonchev–Trinajstić information content (AvgIpc) is 3.12. The van der Waals surface area contributed by atoms with Gasteiger partial charge in [0.05, 0.1) is 16.8 Å². The lowest BCUT2D eigenvalue weighted by molar-refractivity contribution is 0.0699. The zero-order valence-corrected chi connectivity index (χ0v) is 10.7. The Morgan fingerprint density at radius 2 is 2.05 bits per heavy atom. The van der Waals surface area contributed by atoms with Crippen molar-refractivity contribution in [2.45, 2.75) is 0 Å². The number of aromatic carboxylic acids is 1. The van der Waals surface area contributed by atoms with Crippen LogP contribution in [0, 0.1) is 0 Å². The van der Waals surface area contributed by atoms with Crippen LogP contribution in [0.2, 0.25) is 0 Å². The van der Waals surface area contributed by atoms with Crippen LogP contribution in [0.5, 0.6) is 11.5 Å². The molecule has 0 saturated heterocycles. The molecule has 3 aromatic rings. The summed E-state index contributed by atoms with van der Waals surface area (Å²) in [7, 11) is 0. The fraction of sp³-hybridized carbons (Fsp3) is 0.0714. The molecule has 0 atom stereocenters. The Bertz CT molecular complexity index is 872. The molecular formula is C14H9N3O4. The molecule has 2 aromatic carbocycles. The lowest BCUT2D eigenvalue weighted by Gasteiger charge is -2.04. The first-order valence-electron chi connectivity index (χ1n) is 6.22. The van der Waals surface area contributed by atoms with Gasteiger partial charge in [0.2, 0.25) is 6.79 Å². The molecule has 0 spiro atoms. The largest absolute Gasteiger partial charge is 0.478 e. The molecule has 4 rings (SSSR count). The van der Waals surface area contributed by atoms with E-state index in [0.717, 1.165) is 5.69 Å². The SMILES string of the molecule is O=C(O)c1cccc2c1nnn2-c1ccc2c(c1)OCO2. The van der Waals surface area contributed by atoms with E-state index in [0.29, 0.717) is 22.5 Å². The summed E-state index contributed by atoms with van der Waals surface area (Å²) in [6.45, 7) is 0.194. The normalized spacial score (nSPS) is 12.8. The maximum Gasteiger partial charge on any atom is 0.338 e. The summed E-state index contributed by atoms with van der Waals surface area (Å²) in [6, 6.07) is 10.3. The van der Waals surface area contributed by atoms with Crippen molar-refractivity contribution in [1.82, 2.24) is 15.0 Å². The van der Waals surface area contributed by atoms with Gasteiger partial charge in [0.1, 0.15) is 5.52 Å². The number of rotatable bonds is 2. The number of hydrogen-bond donors (Lipinski definition) is 1. The van der Waals surface area contributed by atoms with Crippen LogP contribution in [-0.4, -0.2) is 32.9 Å². The minimum atomic E-state index is -1.03. The summed E-state index contributed by atoms with van der Waals surface area (Å²) >= 11 is 0. The van der Waals surface area contributed by atoms with E-state index in [1.165, 1.54) is 6.07 Å². The molecule has 1 aromatic heterocycles. The van der Waals surface area contributed by atoms with Gasteiger partial charge in [-0.1, -0.05) is 11.3 Å². The maximum atomic E-state index is 11.2. The van der Waals surface area contributed by atoms with Gasteiger partial charge < -0.3 is 14.6 Å². The minimum absolute atomic E-state index is 0.125. The van der Waals surface area contributed by atoms with Crippen molar-refractivity contribution < 1.29 is 19.4 Å². The Kier molecular flexibility index (Phi) is 2.34. The predicted molar refractivity (Wildman–Crippen MR) is 71.9 cm³/mol. The van der Waals surface area contributed by atoms with Crippen LogP contribution in [-0.2, 0) is 0 Å². The molecule has 0 saturated carbocycles. The van der Waals surface area contributed by atoms with E-state index < -0.39 is 5.97 Å². The Balaban J connectivity index is 1.91. The molecule has 0 aliphatic carbocycles. The van der Waals surface area contributed by atoms with E-state index in [-0.39, 0.29) is 12.4 Å². The predicted octanol–water partition coefficient (Wildman–Crippen LogP) is 1.85. The first kappa shape index (κ1) is 11.7. The number of fused-ring (bicyclic) bond motifs is 2. The van der Waals surface area contributed by atoms with Crippen LogP contribution in [0.15, 0.2) is 36.4 Å². The van der Waals surface area contributed by atoms with E-state index >= 15 is 0 Å². The van der Waals surface area contributed by atoms with Crippen LogP contribution in [0.3, 0.4) is 0 Å². The topological polar surface area (TPSA) is 86.5 Å². The van der Waals surface area contributed by atoms with Crippen molar-refractivity contribution in [2.75, 3.05) is 6.79 Å². The molecule has 21 heavy (non-hydrogen) atoms. The van der Waals surface area contributed by atoms with Crippen molar-refractivity contribution in [3.8, 4) is 17.2 Å². The zero-order valence-electron chi connectivity index (χ0n) is 10.7. The van der Waals surface area contributed by atoms with Gasteiger partial charge in [0.25, 0.3) is 0 Å². The third-order valence-electron chi connectivity index (χ3n) is 3.31. The van der Waals surface area contributed by atoms with Gasteiger partial charge >= 0.3 is 5.97 Å². The third-order valence-corrected chi connectivity index (χ3v) is 3.31. The summed E-state index contributed by atoms with van der Waals surface area (Å²) in [5, 5.41) is 17.2. The molecular weight excluding hydrogens is 274 g/mol. The standard InChI is InChI=1S/C14H9N3O4/c18-14(19)9-2-1-3-10-13(9)15-16-17(10)8-4-5-11-12(6-8)21-7-20-11/h1-6H,7H2,(H,18,19). The Morgan fingerprint density at radius 1 is 1.19 bits per heavy atom. The van der Waals surface area contributed by atoms with E-state index in [1.807, 2.05) is 6.07 Å². The summed E-state index contributed by atoms with van der Waals surface area (Å²) in [6.07, 6.45) is 0. The number of carboxylic acids is 1. The first-order chi connectivity index (χ1) is 10.2. The summed E-state index contributed by atoms with van der Waals surface area (Å²) in [5.74, 6) is 0.276. The van der Waals surface area contributed by atoms with Gasteiger partial charge in [-0.05, 0) is 24.3 Å². The molecule has 0 bridgehead atoms. The maximum absolute atomic E-state index is 11.2. The molecule has 7 nitrogen and oxygen atoms in total.